The van der Waals surface area contributed by atoms with E-state index in [1.54, 1.807) is 5.56 Å². The lowest BCUT2D eigenvalue weighted by Crippen LogP contribution is -2.19. The van der Waals surface area contributed by atoms with Crippen LogP contribution >= 0.6 is 0 Å². The van der Waals surface area contributed by atoms with E-state index in [4.69, 9.17) is 0 Å². The Morgan fingerprint density at radius 1 is 0.549 bits per heavy atom. The van der Waals surface area contributed by atoms with Crippen molar-refractivity contribution in [2.45, 2.75) is 88.9 Å². The van der Waals surface area contributed by atoms with Gasteiger partial charge in [0.1, 0.15) is 0 Å². The monoisotopic (exact) mass is 663 g/mol. The third-order valence-corrected chi connectivity index (χ3v) is 13.6. The number of benzene rings is 6. The molecule has 1 heteroatoms. The Morgan fingerprint density at radius 2 is 1.29 bits per heavy atom. The molecule has 3 fully saturated rings. The van der Waals surface area contributed by atoms with Crippen LogP contribution in [0.3, 0.4) is 0 Å². The molecule has 3 unspecified atom stereocenters. The highest BCUT2D eigenvalue weighted by Gasteiger charge is 2.40. The first-order chi connectivity index (χ1) is 25.0. The summed E-state index contributed by atoms with van der Waals surface area (Å²) in [5.41, 5.74) is 15.0. The maximum Gasteiger partial charge on any atom is 0.0543 e. The van der Waals surface area contributed by atoms with Crippen LogP contribution in [0.25, 0.3) is 33.0 Å². The lowest BCUT2D eigenvalue weighted by atomic mass is 9.81. The van der Waals surface area contributed by atoms with Crippen LogP contribution in [0, 0.1) is 11.8 Å². The summed E-state index contributed by atoms with van der Waals surface area (Å²) in [6, 6.07) is 49.3. The Morgan fingerprint density at radius 3 is 2.12 bits per heavy atom. The van der Waals surface area contributed by atoms with Crippen LogP contribution in [0.15, 0.2) is 127 Å². The number of nitrogens with zero attached hydrogens (tertiary/aromatic N) is 1. The molecule has 0 heterocycles. The van der Waals surface area contributed by atoms with Gasteiger partial charge in [-0.25, -0.2) is 0 Å². The average molecular weight is 664 g/mol. The standard InChI is InChI=1S/C50H49N/c1-50(2)46-21-10-8-19-42(46)44-31-45(41-20-12-16-34-15-6-7-17-39(34)41)49(32-47(44)50)51(48-22-11-9-18-40(48)35-13-4-3-5-14-35)38-27-25-36(26-28-38)43-30-33-23-24-37(43)29-33/h6-12,15-22,25-28,31-33,35,37,43H,3-5,13-14,23-24,29-30H2,1-2H3. The molecule has 2 bridgehead atoms. The van der Waals surface area contributed by atoms with Gasteiger partial charge in [-0.3, -0.25) is 0 Å². The predicted octanol–water partition coefficient (Wildman–Crippen LogP) is 14.2. The third kappa shape index (κ3) is 5.10. The smallest absolute Gasteiger partial charge is 0.0543 e. The summed E-state index contributed by atoms with van der Waals surface area (Å²) in [6.45, 7) is 4.84. The number of hydrogen-bond donors (Lipinski definition) is 0. The van der Waals surface area contributed by atoms with Gasteiger partial charge in [-0.15, -0.1) is 0 Å². The topological polar surface area (TPSA) is 3.24 Å². The average Bonchev–Trinajstić information content (AvgIpc) is 3.88. The molecule has 0 radical (unpaired) electrons. The van der Waals surface area contributed by atoms with Gasteiger partial charge in [-0.1, -0.05) is 137 Å². The van der Waals surface area contributed by atoms with Crippen LogP contribution in [0.2, 0.25) is 0 Å². The van der Waals surface area contributed by atoms with Gasteiger partial charge in [0.05, 0.1) is 5.69 Å². The summed E-state index contributed by atoms with van der Waals surface area (Å²) in [5, 5.41) is 2.59. The molecule has 4 aliphatic rings. The number of rotatable bonds is 6. The first kappa shape index (κ1) is 31.1. The summed E-state index contributed by atoms with van der Waals surface area (Å²) in [7, 11) is 0. The van der Waals surface area contributed by atoms with Gasteiger partial charge in [0.15, 0.2) is 0 Å². The molecule has 254 valence electrons. The van der Waals surface area contributed by atoms with Gasteiger partial charge in [0.2, 0.25) is 0 Å². The molecule has 6 aromatic rings. The molecule has 0 saturated heterocycles. The van der Waals surface area contributed by atoms with Crippen LogP contribution in [0.4, 0.5) is 17.1 Å². The highest BCUT2D eigenvalue weighted by atomic mass is 15.1. The highest BCUT2D eigenvalue weighted by Crippen LogP contribution is 2.56. The Hall–Kier alpha value is -4.62. The zero-order chi connectivity index (χ0) is 34.1. The molecular formula is C50H49N. The number of anilines is 3. The van der Waals surface area contributed by atoms with E-state index in [-0.39, 0.29) is 5.41 Å². The maximum atomic E-state index is 2.66. The van der Waals surface area contributed by atoms with Crippen molar-refractivity contribution in [3.05, 3.63) is 150 Å². The Kier molecular flexibility index (Phi) is 7.49. The van der Waals surface area contributed by atoms with E-state index in [9.17, 15) is 0 Å². The first-order valence-electron chi connectivity index (χ1n) is 19.8. The van der Waals surface area contributed by atoms with Crippen LogP contribution in [-0.4, -0.2) is 0 Å². The first-order valence-corrected chi connectivity index (χ1v) is 19.8. The lowest BCUT2D eigenvalue weighted by Gasteiger charge is -2.34. The summed E-state index contributed by atoms with van der Waals surface area (Å²) in [6.07, 6.45) is 12.2. The Balaban J connectivity index is 1.23. The van der Waals surface area contributed by atoms with Crippen molar-refractivity contribution >= 4 is 27.8 Å². The van der Waals surface area contributed by atoms with Crippen molar-refractivity contribution in [1.29, 1.82) is 0 Å². The molecule has 0 spiro atoms. The Bertz CT molecular complexity index is 2250. The van der Waals surface area contributed by atoms with Crippen molar-refractivity contribution in [2.75, 3.05) is 4.90 Å². The molecule has 4 aliphatic carbocycles. The van der Waals surface area contributed by atoms with E-state index < -0.39 is 0 Å². The van der Waals surface area contributed by atoms with Gasteiger partial charge in [-0.05, 0) is 136 Å². The molecule has 0 aromatic heterocycles. The fourth-order valence-corrected chi connectivity index (χ4v) is 11.0. The van der Waals surface area contributed by atoms with Crippen molar-refractivity contribution in [3.8, 4) is 22.3 Å². The van der Waals surface area contributed by atoms with Gasteiger partial charge in [0.25, 0.3) is 0 Å². The fourth-order valence-electron chi connectivity index (χ4n) is 11.0. The van der Waals surface area contributed by atoms with Gasteiger partial charge in [-0.2, -0.15) is 0 Å². The van der Waals surface area contributed by atoms with Crippen LogP contribution < -0.4 is 4.90 Å². The van der Waals surface area contributed by atoms with E-state index in [0.717, 1.165) is 17.8 Å². The lowest BCUT2D eigenvalue weighted by molar-refractivity contribution is 0.420. The quantitative estimate of drug-likeness (QED) is 0.171. The van der Waals surface area contributed by atoms with E-state index in [1.807, 2.05) is 0 Å². The second-order valence-electron chi connectivity index (χ2n) is 16.7. The van der Waals surface area contributed by atoms with Crippen molar-refractivity contribution < 1.29 is 0 Å². The largest absolute Gasteiger partial charge is 0.310 e. The fraction of sp³-hybridized carbons (Fsp3) is 0.320. The van der Waals surface area contributed by atoms with E-state index in [0.29, 0.717) is 5.92 Å². The minimum atomic E-state index is -0.0990. The Labute approximate surface area is 304 Å². The van der Waals surface area contributed by atoms with Gasteiger partial charge < -0.3 is 4.90 Å². The van der Waals surface area contributed by atoms with E-state index >= 15 is 0 Å². The zero-order valence-corrected chi connectivity index (χ0v) is 30.2. The van der Waals surface area contributed by atoms with Crippen molar-refractivity contribution in [2.24, 2.45) is 11.8 Å². The molecule has 10 rings (SSSR count). The molecular weight excluding hydrogens is 615 g/mol. The van der Waals surface area contributed by atoms with E-state index in [2.05, 4.69) is 146 Å². The molecule has 51 heavy (non-hydrogen) atoms. The molecule has 0 amide bonds. The second kappa shape index (κ2) is 12.3. The minimum Gasteiger partial charge on any atom is -0.310 e. The summed E-state index contributed by atoms with van der Waals surface area (Å²) in [4.78, 5) is 2.66. The molecule has 6 aromatic carbocycles. The normalized spacial score (nSPS) is 21.9. The van der Waals surface area contributed by atoms with Gasteiger partial charge >= 0.3 is 0 Å². The zero-order valence-electron chi connectivity index (χ0n) is 30.2. The highest BCUT2D eigenvalue weighted by molar-refractivity contribution is 6.03. The molecule has 0 aliphatic heterocycles. The SMILES string of the molecule is CC1(C)c2ccccc2-c2cc(-c3cccc4ccccc34)c(N(c3ccc(C4CC5CCC4C5)cc3)c3ccccc3C3CCCCC3)cc21. The van der Waals surface area contributed by atoms with Crippen LogP contribution in [-0.2, 0) is 5.41 Å². The summed E-state index contributed by atoms with van der Waals surface area (Å²) < 4.78 is 0. The second-order valence-corrected chi connectivity index (χ2v) is 16.7. The molecule has 0 N–H and O–H groups in total. The predicted molar refractivity (Wildman–Crippen MR) is 216 cm³/mol. The van der Waals surface area contributed by atoms with E-state index in [1.165, 1.54) is 125 Å². The summed E-state index contributed by atoms with van der Waals surface area (Å²) >= 11 is 0. The number of para-hydroxylation sites is 1. The van der Waals surface area contributed by atoms with Gasteiger partial charge in [0, 0.05) is 22.4 Å². The molecule has 1 nitrogen and oxygen atoms in total. The minimum absolute atomic E-state index is 0.0990. The molecule has 3 saturated carbocycles. The van der Waals surface area contributed by atoms with Crippen LogP contribution in [0.5, 0.6) is 0 Å². The van der Waals surface area contributed by atoms with Crippen molar-refractivity contribution in [3.63, 3.8) is 0 Å². The summed E-state index contributed by atoms with van der Waals surface area (Å²) in [5.74, 6) is 3.14. The number of hydrogen-bond acceptors (Lipinski definition) is 1. The van der Waals surface area contributed by atoms with Crippen molar-refractivity contribution in [1.82, 2.24) is 0 Å². The molecule has 3 atom stereocenters. The third-order valence-electron chi connectivity index (χ3n) is 13.6. The maximum absolute atomic E-state index is 2.66. The van der Waals surface area contributed by atoms with Crippen LogP contribution in [0.1, 0.15) is 106 Å². The number of fused-ring (bicyclic) bond motifs is 6.